The topological polar surface area (TPSA) is 44.1 Å². The van der Waals surface area contributed by atoms with Crippen molar-refractivity contribution in [3.8, 4) is 0 Å². The van der Waals surface area contributed by atoms with E-state index in [4.69, 9.17) is 4.74 Å². The standard InChI is InChI=1S/C11H18N2O2/c1-6-15-10(14)9-8(2)12-7-13(9)11(3,4)5/h7H,6H2,1-5H3. The lowest BCUT2D eigenvalue weighted by Gasteiger charge is -2.22. The van der Waals surface area contributed by atoms with Gasteiger partial charge in [-0.3, -0.25) is 0 Å². The Bertz CT molecular complexity index is 361. The molecule has 1 rings (SSSR count). The van der Waals surface area contributed by atoms with E-state index in [1.165, 1.54) is 0 Å². The van der Waals surface area contributed by atoms with Gasteiger partial charge >= 0.3 is 5.97 Å². The molecular formula is C11H18N2O2. The van der Waals surface area contributed by atoms with Crippen molar-refractivity contribution in [2.24, 2.45) is 0 Å². The molecule has 4 heteroatoms. The number of imidazole rings is 1. The molecule has 0 fully saturated rings. The highest BCUT2D eigenvalue weighted by Crippen LogP contribution is 2.19. The fourth-order valence-corrected chi connectivity index (χ4v) is 1.39. The van der Waals surface area contributed by atoms with Crippen molar-refractivity contribution in [2.75, 3.05) is 6.61 Å². The van der Waals surface area contributed by atoms with Gasteiger partial charge in [-0.05, 0) is 34.6 Å². The summed E-state index contributed by atoms with van der Waals surface area (Å²) in [6.07, 6.45) is 1.68. The number of carbonyl (C=O) groups excluding carboxylic acids is 1. The molecule has 84 valence electrons. The maximum Gasteiger partial charge on any atom is 0.356 e. The predicted octanol–water partition coefficient (Wildman–Crippen LogP) is 2.12. The van der Waals surface area contributed by atoms with Gasteiger partial charge in [-0.15, -0.1) is 0 Å². The number of aromatic nitrogens is 2. The summed E-state index contributed by atoms with van der Waals surface area (Å²) in [5.74, 6) is -0.303. The van der Waals surface area contributed by atoms with Crippen LogP contribution in [0.1, 0.15) is 43.9 Å². The first kappa shape index (κ1) is 11.8. The Hall–Kier alpha value is -1.32. The number of ether oxygens (including phenoxy) is 1. The molecule has 15 heavy (non-hydrogen) atoms. The summed E-state index contributed by atoms with van der Waals surface area (Å²) in [4.78, 5) is 15.9. The van der Waals surface area contributed by atoms with Crippen LogP contribution in [0.25, 0.3) is 0 Å². The van der Waals surface area contributed by atoms with Crippen LogP contribution in [0.2, 0.25) is 0 Å². The van der Waals surface area contributed by atoms with E-state index in [9.17, 15) is 4.79 Å². The molecule has 0 saturated heterocycles. The molecule has 0 amide bonds. The van der Waals surface area contributed by atoms with Crippen LogP contribution in [0, 0.1) is 6.92 Å². The number of rotatable bonds is 2. The van der Waals surface area contributed by atoms with Crippen molar-refractivity contribution in [3.05, 3.63) is 17.7 Å². The SMILES string of the molecule is CCOC(=O)c1c(C)ncn1C(C)(C)C. The Balaban J connectivity index is 3.16. The highest BCUT2D eigenvalue weighted by molar-refractivity contribution is 5.88. The summed E-state index contributed by atoms with van der Waals surface area (Å²) in [5.41, 5.74) is 1.09. The highest BCUT2D eigenvalue weighted by atomic mass is 16.5. The molecule has 0 aliphatic carbocycles. The zero-order valence-corrected chi connectivity index (χ0v) is 10.00. The average molecular weight is 210 g/mol. The lowest BCUT2D eigenvalue weighted by atomic mass is 10.1. The van der Waals surface area contributed by atoms with Crippen molar-refractivity contribution in [3.63, 3.8) is 0 Å². The van der Waals surface area contributed by atoms with Crippen molar-refractivity contribution in [1.29, 1.82) is 0 Å². The van der Waals surface area contributed by atoms with E-state index in [0.717, 1.165) is 0 Å². The molecule has 0 aliphatic heterocycles. The third-order valence-electron chi connectivity index (χ3n) is 2.14. The molecule has 4 nitrogen and oxygen atoms in total. The molecule has 0 aromatic carbocycles. The maximum absolute atomic E-state index is 11.7. The van der Waals surface area contributed by atoms with E-state index in [2.05, 4.69) is 4.98 Å². The summed E-state index contributed by atoms with van der Waals surface area (Å²) in [6, 6.07) is 0. The summed E-state index contributed by atoms with van der Waals surface area (Å²) in [5, 5.41) is 0. The minimum Gasteiger partial charge on any atom is -0.461 e. The van der Waals surface area contributed by atoms with Crippen LogP contribution in [0.3, 0.4) is 0 Å². The monoisotopic (exact) mass is 210 g/mol. The van der Waals surface area contributed by atoms with Gasteiger partial charge in [-0.1, -0.05) is 0 Å². The average Bonchev–Trinajstić information content (AvgIpc) is 2.46. The van der Waals surface area contributed by atoms with Gasteiger partial charge in [0.05, 0.1) is 18.6 Å². The molecule has 0 atom stereocenters. The van der Waals surface area contributed by atoms with Gasteiger partial charge in [0.25, 0.3) is 0 Å². The minimum absolute atomic E-state index is 0.163. The zero-order chi connectivity index (χ0) is 11.6. The summed E-state index contributed by atoms with van der Waals surface area (Å²) < 4.78 is 6.85. The molecule has 0 radical (unpaired) electrons. The summed E-state index contributed by atoms with van der Waals surface area (Å²) >= 11 is 0. The normalized spacial score (nSPS) is 11.5. The molecule has 0 N–H and O–H groups in total. The predicted molar refractivity (Wildman–Crippen MR) is 57.9 cm³/mol. The first-order valence-corrected chi connectivity index (χ1v) is 5.09. The molecule has 0 spiro atoms. The Labute approximate surface area is 90.3 Å². The van der Waals surface area contributed by atoms with E-state index in [-0.39, 0.29) is 11.5 Å². The van der Waals surface area contributed by atoms with Gasteiger partial charge in [0.1, 0.15) is 0 Å². The molecule has 0 aliphatic rings. The van der Waals surface area contributed by atoms with Crippen LogP contribution in [0.15, 0.2) is 6.33 Å². The first-order valence-electron chi connectivity index (χ1n) is 5.09. The third-order valence-corrected chi connectivity index (χ3v) is 2.14. The smallest absolute Gasteiger partial charge is 0.356 e. The maximum atomic E-state index is 11.7. The number of hydrogen-bond donors (Lipinski definition) is 0. The lowest BCUT2D eigenvalue weighted by Crippen LogP contribution is -2.26. The van der Waals surface area contributed by atoms with E-state index in [1.54, 1.807) is 13.3 Å². The van der Waals surface area contributed by atoms with Crippen molar-refractivity contribution in [1.82, 2.24) is 9.55 Å². The van der Waals surface area contributed by atoms with E-state index in [1.807, 2.05) is 32.3 Å². The van der Waals surface area contributed by atoms with Gasteiger partial charge in [0, 0.05) is 5.54 Å². The molecule has 1 heterocycles. The van der Waals surface area contributed by atoms with E-state index in [0.29, 0.717) is 18.0 Å². The van der Waals surface area contributed by atoms with Gasteiger partial charge < -0.3 is 9.30 Å². The fourth-order valence-electron chi connectivity index (χ4n) is 1.39. The van der Waals surface area contributed by atoms with Crippen LogP contribution >= 0.6 is 0 Å². The second-order valence-electron chi connectivity index (χ2n) is 4.44. The van der Waals surface area contributed by atoms with Gasteiger partial charge in [0.2, 0.25) is 0 Å². The highest BCUT2D eigenvalue weighted by Gasteiger charge is 2.24. The van der Waals surface area contributed by atoms with Crippen LogP contribution in [-0.4, -0.2) is 22.1 Å². The lowest BCUT2D eigenvalue weighted by molar-refractivity contribution is 0.0506. The third kappa shape index (κ3) is 2.37. The number of nitrogens with zero attached hydrogens (tertiary/aromatic N) is 2. The largest absolute Gasteiger partial charge is 0.461 e. The van der Waals surface area contributed by atoms with Crippen LogP contribution in [-0.2, 0) is 10.3 Å². The van der Waals surface area contributed by atoms with Gasteiger partial charge in [-0.2, -0.15) is 0 Å². The Kier molecular flexibility index (Phi) is 3.17. The Morgan fingerprint density at radius 1 is 1.53 bits per heavy atom. The van der Waals surface area contributed by atoms with Gasteiger partial charge in [0.15, 0.2) is 5.69 Å². The number of carbonyl (C=O) groups is 1. The van der Waals surface area contributed by atoms with E-state index >= 15 is 0 Å². The fraction of sp³-hybridized carbons (Fsp3) is 0.636. The molecule has 1 aromatic heterocycles. The van der Waals surface area contributed by atoms with Crippen LogP contribution < -0.4 is 0 Å². The van der Waals surface area contributed by atoms with Crippen molar-refractivity contribution < 1.29 is 9.53 Å². The molecule has 0 bridgehead atoms. The number of esters is 1. The summed E-state index contributed by atoms with van der Waals surface area (Å²) in [6.45, 7) is 10.1. The van der Waals surface area contributed by atoms with Crippen molar-refractivity contribution in [2.45, 2.75) is 40.2 Å². The van der Waals surface area contributed by atoms with Crippen molar-refractivity contribution >= 4 is 5.97 Å². The Morgan fingerprint density at radius 3 is 2.60 bits per heavy atom. The number of hydrogen-bond acceptors (Lipinski definition) is 3. The Morgan fingerprint density at radius 2 is 2.13 bits per heavy atom. The van der Waals surface area contributed by atoms with Crippen LogP contribution in [0.4, 0.5) is 0 Å². The molecular weight excluding hydrogens is 192 g/mol. The molecule has 1 aromatic rings. The second kappa shape index (κ2) is 4.04. The summed E-state index contributed by atoms with van der Waals surface area (Å²) in [7, 11) is 0. The van der Waals surface area contributed by atoms with E-state index < -0.39 is 0 Å². The molecule has 0 saturated carbocycles. The first-order chi connectivity index (χ1) is 6.88. The molecule has 0 unspecified atom stereocenters. The van der Waals surface area contributed by atoms with Crippen LogP contribution in [0.5, 0.6) is 0 Å². The number of aryl methyl sites for hydroxylation is 1. The van der Waals surface area contributed by atoms with Gasteiger partial charge in [-0.25, -0.2) is 9.78 Å². The second-order valence-corrected chi connectivity index (χ2v) is 4.44. The zero-order valence-electron chi connectivity index (χ0n) is 10.00. The quantitative estimate of drug-likeness (QED) is 0.702. The minimum atomic E-state index is -0.303.